The molecule has 0 spiro atoms. The molecule has 0 fully saturated rings. The summed E-state index contributed by atoms with van der Waals surface area (Å²) < 4.78 is 11.2. The molecule has 9 nitrogen and oxygen atoms in total. The number of hydrogen-bond acceptors (Lipinski definition) is 9. The van der Waals surface area contributed by atoms with Gasteiger partial charge in [0.25, 0.3) is 5.89 Å². The first-order valence-corrected chi connectivity index (χ1v) is 10.3. The molecule has 1 aromatic carbocycles. The van der Waals surface area contributed by atoms with Gasteiger partial charge in [0, 0.05) is 24.2 Å². The third-order valence-electron chi connectivity index (χ3n) is 4.40. The molecule has 3 aromatic rings. The van der Waals surface area contributed by atoms with Crippen molar-refractivity contribution in [2.75, 3.05) is 20.8 Å². The lowest BCUT2D eigenvalue weighted by molar-refractivity contribution is 0.0866. The molecule has 0 atom stereocenters. The number of nitrogens with zero attached hydrogens (tertiary/aromatic N) is 4. The van der Waals surface area contributed by atoms with E-state index in [0.29, 0.717) is 28.0 Å². The molecular weight excluding hydrogens is 434 g/mol. The molecule has 2 heterocycles. The Bertz CT molecular complexity index is 1080. The Morgan fingerprint density at radius 2 is 2.03 bits per heavy atom. The molecule has 170 valence electrons. The third kappa shape index (κ3) is 5.82. The van der Waals surface area contributed by atoms with Gasteiger partial charge in [0.1, 0.15) is 31.1 Å². The summed E-state index contributed by atoms with van der Waals surface area (Å²) >= 11 is 6.41. The third-order valence-corrected chi connectivity index (χ3v) is 4.67. The maximum atomic E-state index is 6.41. The average Bonchev–Trinajstić information content (AvgIpc) is 3.27. The highest BCUT2D eigenvalue weighted by Crippen LogP contribution is 2.29. The minimum atomic E-state index is -0.224. The zero-order valence-electron chi connectivity index (χ0n) is 18.7. The Balaban J connectivity index is 1.77. The summed E-state index contributed by atoms with van der Waals surface area (Å²) in [4.78, 5) is 19.0. The lowest BCUT2D eigenvalue weighted by Gasteiger charge is -2.13. The quantitative estimate of drug-likeness (QED) is 0.375. The molecule has 0 unspecified atom stereocenters. The molecule has 0 aliphatic carbocycles. The van der Waals surface area contributed by atoms with Crippen molar-refractivity contribution in [2.45, 2.75) is 32.8 Å². The molecule has 3 rings (SSSR count). The van der Waals surface area contributed by atoms with Gasteiger partial charge in [0.2, 0.25) is 5.88 Å². The molecule has 0 bridgehead atoms. The van der Waals surface area contributed by atoms with Crippen LogP contribution in [-0.4, -0.2) is 41.6 Å². The number of aromatic nitrogens is 3. The summed E-state index contributed by atoms with van der Waals surface area (Å²) in [5.41, 5.74) is 5.33. The van der Waals surface area contributed by atoms with Crippen LogP contribution in [0.5, 0.6) is 5.88 Å². The first-order chi connectivity index (χ1) is 15.3. The molecule has 0 aliphatic heterocycles. The van der Waals surface area contributed by atoms with Gasteiger partial charge in [-0.3, -0.25) is 4.84 Å². The Labute approximate surface area is 191 Å². The Morgan fingerprint density at radius 3 is 2.69 bits per heavy atom. The van der Waals surface area contributed by atoms with Crippen LogP contribution < -0.4 is 10.2 Å². The minimum Gasteiger partial charge on any atom is -0.472 e. The highest BCUT2D eigenvalue weighted by Gasteiger charge is 2.22. The van der Waals surface area contributed by atoms with Crippen LogP contribution in [0.2, 0.25) is 5.02 Å². The lowest BCUT2D eigenvalue weighted by atomic mass is 9.96. The number of nitrogens with one attached hydrogen (secondary N) is 1. The van der Waals surface area contributed by atoms with Crippen molar-refractivity contribution in [3.8, 4) is 17.3 Å². The SMILES string of the molecule is CNOCC(=NOC)c1ccccc1COc1ncc(-c2nc(C(C)(C)C)no2)cc1Cl. The Hall–Kier alpha value is -3.01. The van der Waals surface area contributed by atoms with Crippen molar-refractivity contribution in [1.82, 2.24) is 20.6 Å². The molecule has 0 radical (unpaired) electrons. The number of rotatable bonds is 9. The Kier molecular flexibility index (Phi) is 7.79. The number of benzene rings is 1. The lowest BCUT2D eigenvalue weighted by Crippen LogP contribution is -2.19. The second-order valence-corrected chi connectivity index (χ2v) is 8.25. The van der Waals surface area contributed by atoms with Crippen LogP contribution in [0.4, 0.5) is 0 Å². The largest absolute Gasteiger partial charge is 0.472 e. The molecule has 0 saturated heterocycles. The number of oxime groups is 1. The number of pyridine rings is 1. The first-order valence-electron chi connectivity index (χ1n) is 9.93. The van der Waals surface area contributed by atoms with E-state index in [1.165, 1.54) is 7.11 Å². The minimum absolute atomic E-state index is 0.218. The van der Waals surface area contributed by atoms with Gasteiger partial charge in [-0.05, 0) is 11.6 Å². The summed E-state index contributed by atoms with van der Waals surface area (Å²) in [6.07, 6.45) is 1.59. The second kappa shape index (κ2) is 10.5. The zero-order valence-corrected chi connectivity index (χ0v) is 19.4. The zero-order chi connectivity index (χ0) is 23.1. The van der Waals surface area contributed by atoms with Gasteiger partial charge in [-0.2, -0.15) is 4.98 Å². The number of hydrogen-bond donors (Lipinski definition) is 1. The van der Waals surface area contributed by atoms with E-state index < -0.39 is 0 Å². The molecule has 1 N–H and O–H groups in total. The van der Waals surface area contributed by atoms with Gasteiger partial charge in [-0.25, -0.2) is 10.5 Å². The first kappa shape index (κ1) is 23.6. The van der Waals surface area contributed by atoms with Crippen LogP contribution in [0.15, 0.2) is 46.2 Å². The van der Waals surface area contributed by atoms with E-state index in [0.717, 1.165) is 11.1 Å². The van der Waals surface area contributed by atoms with E-state index >= 15 is 0 Å². The number of hydroxylamine groups is 1. The summed E-state index contributed by atoms with van der Waals surface area (Å²) in [7, 11) is 3.16. The van der Waals surface area contributed by atoms with Gasteiger partial charge < -0.3 is 14.1 Å². The summed E-state index contributed by atoms with van der Waals surface area (Å²) in [5, 5.41) is 8.42. The standard InChI is InChI=1S/C22H26ClN5O4/c1-22(2,3)21-26-19(32-28-21)15-10-17(23)20(25-11-15)30-12-14-8-6-7-9-16(14)18(27-29-5)13-31-24-4/h6-11,24H,12-13H2,1-5H3. The molecular formula is C22H26ClN5O4. The summed E-state index contributed by atoms with van der Waals surface area (Å²) in [5.74, 6) is 1.25. The normalized spacial score (nSPS) is 12.1. The number of ether oxygens (including phenoxy) is 1. The second-order valence-electron chi connectivity index (χ2n) is 7.84. The van der Waals surface area contributed by atoms with Gasteiger partial charge in [-0.15, -0.1) is 0 Å². The monoisotopic (exact) mass is 459 g/mol. The fourth-order valence-corrected chi connectivity index (χ4v) is 2.99. The van der Waals surface area contributed by atoms with Gasteiger partial charge in [0.15, 0.2) is 5.82 Å². The number of halogens is 1. The predicted octanol–water partition coefficient (Wildman–Crippen LogP) is 4.16. The molecule has 10 heteroatoms. The highest BCUT2D eigenvalue weighted by molar-refractivity contribution is 6.32. The van der Waals surface area contributed by atoms with Crippen molar-refractivity contribution in [3.05, 3.63) is 58.5 Å². The van der Waals surface area contributed by atoms with Crippen LogP contribution >= 0.6 is 11.6 Å². The highest BCUT2D eigenvalue weighted by atomic mass is 35.5. The van der Waals surface area contributed by atoms with Gasteiger partial charge in [-0.1, -0.05) is 66.9 Å². The smallest absolute Gasteiger partial charge is 0.259 e. The van der Waals surface area contributed by atoms with Crippen molar-refractivity contribution < 1.29 is 18.9 Å². The van der Waals surface area contributed by atoms with Crippen molar-refractivity contribution >= 4 is 17.3 Å². The molecule has 0 amide bonds. The van der Waals surface area contributed by atoms with Crippen LogP contribution in [-0.2, 0) is 21.7 Å². The van der Waals surface area contributed by atoms with Gasteiger partial charge >= 0.3 is 0 Å². The topological polar surface area (TPSA) is 104 Å². The molecule has 0 saturated carbocycles. The van der Waals surface area contributed by atoms with Crippen LogP contribution in [0, 0.1) is 0 Å². The van der Waals surface area contributed by atoms with Crippen LogP contribution in [0.1, 0.15) is 37.7 Å². The molecule has 32 heavy (non-hydrogen) atoms. The summed E-state index contributed by atoms with van der Waals surface area (Å²) in [6, 6.07) is 9.34. The van der Waals surface area contributed by atoms with Crippen LogP contribution in [0.3, 0.4) is 0 Å². The van der Waals surface area contributed by atoms with E-state index in [1.54, 1.807) is 19.3 Å². The Morgan fingerprint density at radius 1 is 1.25 bits per heavy atom. The molecule has 0 aliphatic rings. The maximum Gasteiger partial charge on any atom is 0.259 e. The fraction of sp³-hybridized carbons (Fsp3) is 0.364. The molecule has 2 aromatic heterocycles. The van der Waals surface area contributed by atoms with Crippen molar-refractivity contribution in [3.63, 3.8) is 0 Å². The fourth-order valence-electron chi connectivity index (χ4n) is 2.77. The maximum absolute atomic E-state index is 6.41. The van der Waals surface area contributed by atoms with Crippen molar-refractivity contribution in [1.29, 1.82) is 0 Å². The van der Waals surface area contributed by atoms with E-state index in [2.05, 4.69) is 25.8 Å². The van der Waals surface area contributed by atoms with E-state index in [9.17, 15) is 0 Å². The summed E-state index contributed by atoms with van der Waals surface area (Å²) in [6.45, 7) is 6.47. The average molecular weight is 460 g/mol. The van der Waals surface area contributed by atoms with E-state index in [-0.39, 0.29) is 24.5 Å². The van der Waals surface area contributed by atoms with Crippen LogP contribution in [0.25, 0.3) is 11.5 Å². The predicted molar refractivity (Wildman–Crippen MR) is 121 cm³/mol. The van der Waals surface area contributed by atoms with Crippen molar-refractivity contribution in [2.24, 2.45) is 5.16 Å². The van der Waals surface area contributed by atoms with E-state index in [1.807, 2.05) is 45.0 Å². The van der Waals surface area contributed by atoms with E-state index in [4.69, 9.17) is 30.5 Å². The van der Waals surface area contributed by atoms with Gasteiger partial charge in [0.05, 0.1) is 5.56 Å².